The monoisotopic (exact) mass is 172 g/mol. The molecule has 0 aromatic heterocycles. The topological polar surface area (TPSA) is 46.5 Å². The van der Waals surface area contributed by atoms with Crippen LogP contribution in [0, 0.1) is 11.8 Å². The molecule has 0 aromatic rings. The smallest absolute Gasteiger partial charge is 0.333 e. The first-order chi connectivity index (χ1) is 5.61. The van der Waals surface area contributed by atoms with Crippen LogP contribution in [0.3, 0.4) is 0 Å². The third-order valence-electron chi connectivity index (χ3n) is 2.06. The van der Waals surface area contributed by atoms with Crippen LogP contribution in [-0.4, -0.2) is 23.8 Å². The third-order valence-corrected chi connectivity index (χ3v) is 2.06. The molecule has 0 bridgehead atoms. The highest BCUT2D eigenvalue weighted by Gasteiger charge is 2.27. The number of hydrogen-bond donors (Lipinski definition) is 1. The van der Waals surface area contributed by atoms with Crippen LogP contribution in [0.5, 0.6) is 0 Å². The van der Waals surface area contributed by atoms with Gasteiger partial charge in [0.05, 0.1) is 6.61 Å². The molecule has 0 aromatic carbocycles. The van der Waals surface area contributed by atoms with Crippen LogP contribution in [0.25, 0.3) is 0 Å². The molecule has 1 saturated carbocycles. The van der Waals surface area contributed by atoms with Gasteiger partial charge in [-0.25, -0.2) is 4.79 Å². The average Bonchev–Trinajstić information content (AvgIpc) is 2.69. The van der Waals surface area contributed by atoms with Crippen LogP contribution in [0.2, 0.25) is 0 Å². The molecule has 1 unspecified atom stereocenters. The Morgan fingerprint density at radius 1 is 1.58 bits per heavy atom. The Bertz CT molecular complexity index is 161. The number of carboxylic acid groups (broad SMARTS) is 1. The predicted octanol–water partition coefficient (Wildman–Crippen LogP) is 1.52. The minimum Gasteiger partial charge on any atom is -0.479 e. The van der Waals surface area contributed by atoms with E-state index < -0.39 is 12.1 Å². The van der Waals surface area contributed by atoms with Gasteiger partial charge in [0, 0.05) is 0 Å². The third kappa shape index (κ3) is 2.81. The maximum Gasteiger partial charge on any atom is 0.333 e. The summed E-state index contributed by atoms with van der Waals surface area (Å²) in [5.41, 5.74) is 0. The van der Waals surface area contributed by atoms with Crippen molar-refractivity contribution in [2.24, 2.45) is 11.8 Å². The molecule has 1 N–H and O–H groups in total. The lowest BCUT2D eigenvalue weighted by atomic mass is 10.1. The van der Waals surface area contributed by atoms with Gasteiger partial charge in [0.2, 0.25) is 0 Å². The lowest BCUT2D eigenvalue weighted by molar-refractivity contribution is -0.153. The largest absolute Gasteiger partial charge is 0.479 e. The van der Waals surface area contributed by atoms with Gasteiger partial charge in [0.1, 0.15) is 0 Å². The maximum atomic E-state index is 10.6. The van der Waals surface area contributed by atoms with E-state index in [0.29, 0.717) is 12.5 Å². The molecule has 1 atom stereocenters. The summed E-state index contributed by atoms with van der Waals surface area (Å²) in [5, 5.41) is 8.75. The van der Waals surface area contributed by atoms with Gasteiger partial charge in [-0.2, -0.15) is 0 Å². The Labute approximate surface area is 72.7 Å². The number of aliphatic carboxylic acids is 1. The van der Waals surface area contributed by atoms with Crippen molar-refractivity contribution < 1.29 is 14.6 Å². The zero-order valence-electron chi connectivity index (χ0n) is 7.62. The minimum atomic E-state index is -0.842. The first-order valence-corrected chi connectivity index (χ1v) is 4.45. The summed E-state index contributed by atoms with van der Waals surface area (Å²) in [6.07, 6.45) is 1.78. The van der Waals surface area contributed by atoms with Crippen molar-refractivity contribution in [2.45, 2.75) is 32.8 Å². The molecule has 1 rings (SSSR count). The molecule has 0 saturated heterocycles. The highest BCUT2D eigenvalue weighted by molar-refractivity contribution is 5.72. The molecule has 0 heterocycles. The lowest BCUT2D eigenvalue weighted by Gasteiger charge is -2.16. The summed E-state index contributed by atoms with van der Waals surface area (Å²) >= 11 is 0. The molecular formula is C9H16O3. The number of hydrogen-bond acceptors (Lipinski definition) is 2. The Morgan fingerprint density at radius 3 is 2.50 bits per heavy atom. The van der Waals surface area contributed by atoms with Crippen molar-refractivity contribution in [3.8, 4) is 0 Å². The van der Waals surface area contributed by atoms with Crippen molar-refractivity contribution in [1.29, 1.82) is 0 Å². The number of rotatable bonds is 5. The van der Waals surface area contributed by atoms with E-state index in [1.165, 1.54) is 12.8 Å². The highest BCUT2D eigenvalue weighted by Crippen LogP contribution is 2.29. The molecule has 0 amide bonds. The molecule has 1 aliphatic rings. The van der Waals surface area contributed by atoms with Crippen molar-refractivity contribution >= 4 is 5.97 Å². The van der Waals surface area contributed by atoms with Crippen LogP contribution in [0.4, 0.5) is 0 Å². The Balaban J connectivity index is 2.26. The summed E-state index contributed by atoms with van der Waals surface area (Å²) in [6, 6.07) is 0. The second-order valence-corrected chi connectivity index (χ2v) is 3.78. The molecule has 12 heavy (non-hydrogen) atoms. The Kier molecular flexibility index (Phi) is 3.09. The van der Waals surface area contributed by atoms with Gasteiger partial charge in [-0.15, -0.1) is 0 Å². The van der Waals surface area contributed by atoms with Crippen molar-refractivity contribution in [3.05, 3.63) is 0 Å². The van der Waals surface area contributed by atoms with Crippen molar-refractivity contribution in [1.82, 2.24) is 0 Å². The SMILES string of the molecule is CC(C)C(OCC1CC1)C(=O)O. The quantitative estimate of drug-likeness (QED) is 0.684. The van der Waals surface area contributed by atoms with E-state index in [-0.39, 0.29) is 5.92 Å². The summed E-state index contributed by atoms with van der Waals surface area (Å²) < 4.78 is 5.29. The van der Waals surface area contributed by atoms with E-state index >= 15 is 0 Å². The van der Waals surface area contributed by atoms with E-state index in [4.69, 9.17) is 9.84 Å². The molecular weight excluding hydrogens is 156 g/mol. The molecule has 3 nitrogen and oxygen atoms in total. The highest BCUT2D eigenvalue weighted by atomic mass is 16.5. The molecule has 1 fully saturated rings. The molecule has 70 valence electrons. The van der Waals surface area contributed by atoms with Crippen LogP contribution in [0.15, 0.2) is 0 Å². The van der Waals surface area contributed by atoms with Crippen LogP contribution < -0.4 is 0 Å². The van der Waals surface area contributed by atoms with Gasteiger partial charge < -0.3 is 9.84 Å². The number of carbonyl (C=O) groups is 1. The van der Waals surface area contributed by atoms with Gasteiger partial charge in [-0.3, -0.25) is 0 Å². The van der Waals surface area contributed by atoms with Gasteiger partial charge in [0.15, 0.2) is 6.10 Å². The first-order valence-electron chi connectivity index (χ1n) is 4.45. The summed E-state index contributed by atoms with van der Waals surface area (Å²) in [5.74, 6) is -0.155. The predicted molar refractivity (Wildman–Crippen MR) is 44.9 cm³/mol. The zero-order chi connectivity index (χ0) is 9.14. The maximum absolute atomic E-state index is 10.6. The molecule has 0 radical (unpaired) electrons. The Hall–Kier alpha value is -0.570. The van der Waals surface area contributed by atoms with Gasteiger partial charge in [-0.1, -0.05) is 13.8 Å². The summed E-state index contributed by atoms with van der Waals surface area (Å²) in [4.78, 5) is 10.6. The zero-order valence-corrected chi connectivity index (χ0v) is 7.62. The number of carboxylic acids is 1. The molecule has 0 spiro atoms. The van der Waals surface area contributed by atoms with Crippen LogP contribution in [-0.2, 0) is 9.53 Å². The van der Waals surface area contributed by atoms with Gasteiger partial charge in [-0.05, 0) is 24.7 Å². The van der Waals surface area contributed by atoms with E-state index in [2.05, 4.69) is 0 Å². The fourth-order valence-corrected chi connectivity index (χ4v) is 1.07. The summed E-state index contributed by atoms with van der Waals surface area (Å²) in [7, 11) is 0. The van der Waals surface area contributed by atoms with E-state index in [1.54, 1.807) is 0 Å². The first kappa shape index (κ1) is 9.52. The van der Waals surface area contributed by atoms with Crippen molar-refractivity contribution in [3.63, 3.8) is 0 Å². The molecule has 3 heteroatoms. The van der Waals surface area contributed by atoms with Crippen LogP contribution in [0.1, 0.15) is 26.7 Å². The standard InChI is InChI=1S/C9H16O3/c1-6(2)8(9(10)11)12-5-7-3-4-7/h6-8H,3-5H2,1-2H3,(H,10,11). The van der Waals surface area contributed by atoms with E-state index in [1.807, 2.05) is 13.8 Å². The second-order valence-electron chi connectivity index (χ2n) is 3.78. The fourth-order valence-electron chi connectivity index (χ4n) is 1.07. The molecule has 1 aliphatic carbocycles. The molecule has 0 aliphatic heterocycles. The summed E-state index contributed by atoms with van der Waals surface area (Å²) in [6.45, 7) is 4.35. The minimum absolute atomic E-state index is 0.0567. The van der Waals surface area contributed by atoms with Gasteiger partial charge >= 0.3 is 5.97 Å². The second kappa shape index (κ2) is 3.90. The fraction of sp³-hybridized carbons (Fsp3) is 0.889. The van der Waals surface area contributed by atoms with Crippen molar-refractivity contribution in [2.75, 3.05) is 6.61 Å². The van der Waals surface area contributed by atoms with Gasteiger partial charge in [0.25, 0.3) is 0 Å². The normalized spacial score (nSPS) is 19.6. The number of ether oxygens (including phenoxy) is 1. The van der Waals surface area contributed by atoms with Crippen LogP contribution >= 0.6 is 0 Å². The average molecular weight is 172 g/mol. The lowest BCUT2D eigenvalue weighted by Crippen LogP contribution is -2.30. The van der Waals surface area contributed by atoms with E-state index in [0.717, 1.165) is 0 Å². The Morgan fingerprint density at radius 2 is 2.17 bits per heavy atom. The van der Waals surface area contributed by atoms with E-state index in [9.17, 15) is 4.79 Å².